The molecule has 1 fully saturated rings. The molecule has 1 spiro atoms. The topological polar surface area (TPSA) is 73.8 Å². The highest BCUT2D eigenvalue weighted by atomic mass is 35.5. The van der Waals surface area contributed by atoms with Gasteiger partial charge in [0.15, 0.2) is 5.16 Å². The molecule has 0 unspecified atom stereocenters. The van der Waals surface area contributed by atoms with E-state index in [1.807, 2.05) is 58.2 Å². The number of hydrogen-bond donors (Lipinski definition) is 0. The Morgan fingerprint density at radius 3 is 2.71 bits per heavy atom. The van der Waals surface area contributed by atoms with E-state index in [0.29, 0.717) is 29.9 Å². The molecule has 260 valence electrons. The summed E-state index contributed by atoms with van der Waals surface area (Å²) in [6, 6.07) is 14.0. The quantitative estimate of drug-likeness (QED) is 0.0900. The predicted molar refractivity (Wildman–Crippen MR) is 196 cm³/mol. The van der Waals surface area contributed by atoms with Gasteiger partial charge in [-0.2, -0.15) is 0 Å². The zero-order valence-electron chi connectivity index (χ0n) is 29.1. The van der Waals surface area contributed by atoms with Crippen molar-refractivity contribution in [1.29, 1.82) is 0 Å². The highest BCUT2D eigenvalue weighted by Gasteiger charge is 2.45. The summed E-state index contributed by atoms with van der Waals surface area (Å²) in [5.41, 5.74) is 4.90. The number of aromatic nitrogens is 2. The fraction of sp³-hybridized carbons (Fsp3) is 0.525. The molecule has 7 nitrogen and oxygen atoms in total. The van der Waals surface area contributed by atoms with Crippen molar-refractivity contribution < 1.29 is 19.0 Å². The first kappa shape index (κ1) is 34.4. The number of thioether (sulfide) groups is 1. The Balaban J connectivity index is 1.11. The number of nitrogens with zero attached hydrogens (tertiary/aromatic N) is 3. The van der Waals surface area contributed by atoms with Crippen LogP contribution in [-0.2, 0) is 21.3 Å². The normalized spacial score (nSPS) is 25.1. The van der Waals surface area contributed by atoms with Gasteiger partial charge in [-0.05, 0) is 137 Å². The van der Waals surface area contributed by atoms with E-state index < -0.39 is 5.60 Å². The minimum Gasteiger partial charge on any atom is -0.490 e. The average Bonchev–Trinajstić information content (AvgIpc) is 3.19. The van der Waals surface area contributed by atoms with E-state index in [0.717, 1.165) is 85.4 Å². The number of allylic oxidation sites excluding steroid dienone is 1. The zero-order valence-corrected chi connectivity index (χ0v) is 30.7. The molecule has 5 atom stereocenters. The number of anilines is 1. The van der Waals surface area contributed by atoms with Gasteiger partial charge in [-0.1, -0.05) is 35.5 Å². The van der Waals surface area contributed by atoms with E-state index in [1.165, 1.54) is 16.7 Å². The van der Waals surface area contributed by atoms with E-state index in [1.54, 1.807) is 24.2 Å². The molecule has 0 N–H and O–H groups in total. The molecule has 7 rings (SSSR count). The summed E-state index contributed by atoms with van der Waals surface area (Å²) in [5, 5.41) is 1.63. The second-order valence-electron chi connectivity index (χ2n) is 15.3. The number of ether oxygens (including phenoxy) is 3. The standard InChI is InChI=1S/C40H48ClN3O4S/c1-39(2,3)48-37(45)28-9-13-35-34(22-28)44(24-40(25-47-35)15-5-7-27-21-31(41)10-12-33(27)40)23-29-8-11-32(29)36(46-4)30-19-26(20-30)14-18-49-38-42-16-6-17-43-38/h6,9-10,12-13,16-17,19,21-22,26,29,32,36H,5,7-8,11,14-15,18,20,23-25H2,1-4H3/t26-,29+,32-,36+,40+/m1/s1. The van der Waals surface area contributed by atoms with Gasteiger partial charge in [0, 0.05) is 48.8 Å². The summed E-state index contributed by atoms with van der Waals surface area (Å²) in [7, 11) is 1.87. The smallest absolute Gasteiger partial charge is 0.338 e. The number of rotatable bonds is 10. The number of methoxy groups -OCH3 is 1. The molecule has 1 saturated carbocycles. The van der Waals surface area contributed by atoms with E-state index in [9.17, 15) is 4.79 Å². The maximum absolute atomic E-state index is 13.3. The number of benzene rings is 2. The zero-order chi connectivity index (χ0) is 34.2. The Hall–Kier alpha value is -3.07. The van der Waals surface area contributed by atoms with Crippen LogP contribution < -0.4 is 9.64 Å². The molecule has 1 aromatic heterocycles. The van der Waals surface area contributed by atoms with Crippen molar-refractivity contribution in [2.75, 3.05) is 37.5 Å². The van der Waals surface area contributed by atoms with Crippen LogP contribution in [0.15, 0.2) is 71.7 Å². The summed E-state index contributed by atoms with van der Waals surface area (Å²) in [6.07, 6.45) is 13.9. The molecule has 0 amide bonds. The van der Waals surface area contributed by atoms with Crippen LogP contribution in [0, 0.1) is 17.8 Å². The van der Waals surface area contributed by atoms with Crippen molar-refractivity contribution in [2.45, 2.75) is 88.0 Å². The van der Waals surface area contributed by atoms with Crippen molar-refractivity contribution >= 4 is 35.0 Å². The fourth-order valence-electron chi connectivity index (χ4n) is 8.31. The Morgan fingerprint density at radius 1 is 1.16 bits per heavy atom. The number of esters is 1. The van der Waals surface area contributed by atoms with Crippen molar-refractivity contribution in [3.05, 3.63) is 88.2 Å². The molecular weight excluding hydrogens is 654 g/mol. The van der Waals surface area contributed by atoms with E-state index in [-0.39, 0.29) is 17.5 Å². The molecule has 9 heteroatoms. The van der Waals surface area contributed by atoms with E-state index in [2.05, 4.69) is 33.1 Å². The number of carbonyl (C=O) groups is 1. The van der Waals surface area contributed by atoms with Gasteiger partial charge in [0.05, 0.1) is 24.0 Å². The first-order valence-electron chi connectivity index (χ1n) is 17.8. The SMILES string of the molecule is CO[C@@H](C1=C[C@@H](CCSc2ncccn2)C1)[C@@H]1CC[C@H]1CN1C[C@@]2(CCCc3cc(Cl)ccc32)COc2ccc(C(=O)OC(C)(C)C)cc21. The third-order valence-corrected chi connectivity index (χ3v) is 12.0. The molecule has 2 aromatic carbocycles. The third-order valence-electron chi connectivity index (χ3n) is 10.8. The maximum atomic E-state index is 13.3. The van der Waals surface area contributed by atoms with Crippen LogP contribution in [0.25, 0.3) is 0 Å². The van der Waals surface area contributed by atoms with Crippen LogP contribution in [0.1, 0.15) is 80.8 Å². The fourth-order valence-corrected chi connectivity index (χ4v) is 9.38. The van der Waals surface area contributed by atoms with Crippen LogP contribution in [-0.4, -0.2) is 60.2 Å². The summed E-state index contributed by atoms with van der Waals surface area (Å²) in [4.78, 5) is 24.5. The number of halogens is 1. The maximum Gasteiger partial charge on any atom is 0.338 e. The summed E-state index contributed by atoms with van der Waals surface area (Å²) >= 11 is 8.21. The monoisotopic (exact) mass is 701 g/mol. The average molecular weight is 702 g/mol. The van der Waals surface area contributed by atoms with Gasteiger partial charge in [-0.15, -0.1) is 0 Å². The first-order chi connectivity index (χ1) is 23.6. The first-order valence-corrected chi connectivity index (χ1v) is 19.1. The summed E-state index contributed by atoms with van der Waals surface area (Å²) < 4.78 is 18.7. The Bertz CT molecular complexity index is 1690. The highest BCUT2D eigenvalue weighted by molar-refractivity contribution is 7.99. The van der Waals surface area contributed by atoms with Crippen molar-refractivity contribution in [3.63, 3.8) is 0 Å². The molecule has 2 heterocycles. The number of hydrogen-bond acceptors (Lipinski definition) is 8. The lowest BCUT2D eigenvalue weighted by Crippen LogP contribution is -2.50. The molecule has 0 saturated heterocycles. The minimum absolute atomic E-state index is 0.141. The Kier molecular flexibility index (Phi) is 10.0. The van der Waals surface area contributed by atoms with E-state index >= 15 is 0 Å². The molecule has 0 bridgehead atoms. The molecule has 4 aliphatic rings. The highest BCUT2D eigenvalue weighted by Crippen LogP contribution is 2.49. The molecule has 3 aromatic rings. The second-order valence-corrected chi connectivity index (χ2v) is 16.8. The molecule has 0 radical (unpaired) electrons. The van der Waals surface area contributed by atoms with Gasteiger partial charge in [-0.25, -0.2) is 14.8 Å². The van der Waals surface area contributed by atoms with Crippen LogP contribution in [0.4, 0.5) is 5.69 Å². The Morgan fingerprint density at radius 2 is 1.98 bits per heavy atom. The minimum atomic E-state index is -0.574. The van der Waals surface area contributed by atoms with Gasteiger partial charge >= 0.3 is 5.97 Å². The second kappa shape index (κ2) is 14.3. The number of carbonyl (C=O) groups excluding carboxylic acids is 1. The number of aryl methyl sites for hydroxylation is 1. The van der Waals surface area contributed by atoms with Gasteiger partial charge in [0.25, 0.3) is 0 Å². The van der Waals surface area contributed by atoms with Crippen molar-refractivity contribution in [1.82, 2.24) is 9.97 Å². The lowest BCUT2D eigenvalue weighted by atomic mass is 9.65. The largest absolute Gasteiger partial charge is 0.490 e. The van der Waals surface area contributed by atoms with Crippen LogP contribution in [0.5, 0.6) is 5.75 Å². The Labute approximate surface area is 300 Å². The third kappa shape index (κ3) is 7.52. The van der Waals surface area contributed by atoms with E-state index in [4.69, 9.17) is 25.8 Å². The summed E-state index contributed by atoms with van der Waals surface area (Å²) in [6.45, 7) is 8.01. The van der Waals surface area contributed by atoms with Gasteiger partial charge in [0.2, 0.25) is 0 Å². The van der Waals surface area contributed by atoms with Crippen LogP contribution in [0.3, 0.4) is 0 Å². The molecule has 3 aliphatic carbocycles. The molecular formula is C40H48ClN3O4S. The lowest BCUT2D eigenvalue weighted by Gasteiger charge is -2.48. The molecule has 49 heavy (non-hydrogen) atoms. The van der Waals surface area contributed by atoms with Crippen LogP contribution >= 0.6 is 23.4 Å². The van der Waals surface area contributed by atoms with Gasteiger partial charge in [0.1, 0.15) is 11.4 Å². The van der Waals surface area contributed by atoms with Crippen molar-refractivity contribution in [3.8, 4) is 5.75 Å². The van der Waals surface area contributed by atoms with Crippen LogP contribution in [0.2, 0.25) is 5.02 Å². The van der Waals surface area contributed by atoms with Crippen molar-refractivity contribution in [2.24, 2.45) is 17.8 Å². The predicted octanol–water partition coefficient (Wildman–Crippen LogP) is 8.73. The van der Waals surface area contributed by atoms with Gasteiger partial charge in [-0.3, -0.25) is 0 Å². The lowest BCUT2D eigenvalue weighted by molar-refractivity contribution is 0.000517. The summed E-state index contributed by atoms with van der Waals surface area (Å²) in [5.74, 6) is 3.04. The van der Waals surface area contributed by atoms with Gasteiger partial charge < -0.3 is 19.1 Å². The molecule has 1 aliphatic heterocycles. The number of fused-ring (bicyclic) bond motifs is 3.